The molecule has 0 unspecified atom stereocenters. The fourth-order valence-corrected chi connectivity index (χ4v) is 7.28. The van der Waals surface area contributed by atoms with E-state index < -0.39 is 28.8 Å². The topological polar surface area (TPSA) is 78.4 Å². The normalized spacial score (nSPS) is 32.8. The van der Waals surface area contributed by atoms with Crippen LogP contribution in [0.15, 0.2) is 36.4 Å². The quantitative estimate of drug-likeness (QED) is 0.429. The molecule has 8 heteroatoms. The smallest absolute Gasteiger partial charge is 0.237 e. The molecule has 198 valence electrons. The molecule has 2 fully saturated rings. The Balaban J connectivity index is 1.67. The lowest BCUT2D eigenvalue weighted by atomic mass is 9.61. The lowest BCUT2D eigenvalue weighted by Crippen LogP contribution is -2.49. The second-order valence-electron chi connectivity index (χ2n) is 12.6. The number of fused-ring (bicyclic) bond motifs is 2. The number of Topliss-reactive ketones (excluding diaryl/α,β-unsaturated/α-hetero) is 1. The van der Waals surface area contributed by atoms with Gasteiger partial charge in [0.1, 0.15) is 11.2 Å². The van der Waals surface area contributed by atoms with Gasteiger partial charge in [0.2, 0.25) is 5.91 Å². The van der Waals surface area contributed by atoms with Gasteiger partial charge >= 0.3 is 0 Å². The lowest BCUT2D eigenvalue weighted by Gasteiger charge is -2.41. The van der Waals surface area contributed by atoms with Crippen molar-refractivity contribution in [1.29, 1.82) is 0 Å². The van der Waals surface area contributed by atoms with Crippen molar-refractivity contribution < 1.29 is 19.1 Å². The zero-order chi connectivity index (χ0) is 26.9. The molecule has 2 heterocycles. The number of hydrogen-bond acceptors (Lipinski definition) is 4. The van der Waals surface area contributed by atoms with Gasteiger partial charge in [-0.05, 0) is 72.9 Å². The number of amides is 1. The number of anilines is 1. The van der Waals surface area contributed by atoms with Crippen LogP contribution in [0.4, 0.5) is 10.1 Å². The van der Waals surface area contributed by atoms with Gasteiger partial charge in [0.15, 0.2) is 5.78 Å². The summed E-state index contributed by atoms with van der Waals surface area (Å²) in [5.41, 5.74) is 0.00948. The van der Waals surface area contributed by atoms with Gasteiger partial charge < -0.3 is 15.7 Å². The van der Waals surface area contributed by atoms with Gasteiger partial charge in [0.05, 0.1) is 16.7 Å². The van der Waals surface area contributed by atoms with E-state index in [1.54, 1.807) is 31.2 Å². The first-order valence-electron chi connectivity index (χ1n) is 12.8. The van der Waals surface area contributed by atoms with Crippen molar-refractivity contribution in [2.75, 3.05) is 5.32 Å². The SMILES string of the molecule is CC(C)(C)C[C@H]1N[C@@H](C(=O)CC2CC(C)(O)C2)[C@H](c2ccc(F)c(Cl)c2)[C@@]12C(=O)Nc1cc(Cl)ccc12. The minimum atomic E-state index is -1.13. The molecule has 2 aromatic carbocycles. The van der Waals surface area contributed by atoms with Crippen molar-refractivity contribution in [2.24, 2.45) is 11.3 Å². The Morgan fingerprint density at radius 1 is 1.16 bits per heavy atom. The van der Waals surface area contributed by atoms with Crippen LogP contribution in [0.5, 0.6) is 0 Å². The number of nitrogens with one attached hydrogen (secondary N) is 2. The monoisotopic (exact) mass is 546 g/mol. The molecule has 5 nitrogen and oxygen atoms in total. The highest BCUT2D eigenvalue weighted by molar-refractivity contribution is 6.31. The van der Waals surface area contributed by atoms with Gasteiger partial charge in [-0.1, -0.05) is 56.1 Å². The molecule has 0 aromatic heterocycles. The van der Waals surface area contributed by atoms with E-state index in [9.17, 15) is 19.1 Å². The summed E-state index contributed by atoms with van der Waals surface area (Å²) in [4.78, 5) is 28.0. The first-order chi connectivity index (χ1) is 17.2. The molecular weight excluding hydrogens is 514 g/mol. The van der Waals surface area contributed by atoms with Gasteiger partial charge in [-0.2, -0.15) is 0 Å². The summed E-state index contributed by atoms with van der Waals surface area (Å²) in [5.74, 6) is -1.31. The van der Waals surface area contributed by atoms with Crippen LogP contribution in [0.2, 0.25) is 10.0 Å². The highest BCUT2D eigenvalue weighted by atomic mass is 35.5. The Labute approximate surface area is 227 Å². The summed E-state index contributed by atoms with van der Waals surface area (Å²) in [6, 6.07) is 8.76. The minimum Gasteiger partial charge on any atom is -0.390 e. The van der Waals surface area contributed by atoms with Gasteiger partial charge in [-0.3, -0.25) is 9.59 Å². The zero-order valence-corrected chi connectivity index (χ0v) is 23.0. The summed E-state index contributed by atoms with van der Waals surface area (Å²) in [5, 5.41) is 17.3. The number of carbonyl (C=O) groups excluding carboxylic acids is 2. The number of aliphatic hydroxyl groups is 1. The number of halogens is 3. The van der Waals surface area contributed by atoms with Crippen LogP contribution in [-0.4, -0.2) is 34.5 Å². The molecule has 1 saturated heterocycles. The molecule has 0 bridgehead atoms. The first-order valence-corrected chi connectivity index (χ1v) is 13.5. The van der Waals surface area contributed by atoms with E-state index >= 15 is 0 Å². The number of ketones is 1. The molecule has 1 saturated carbocycles. The third kappa shape index (κ3) is 4.60. The van der Waals surface area contributed by atoms with E-state index in [1.165, 1.54) is 6.07 Å². The summed E-state index contributed by atoms with van der Waals surface area (Å²) in [7, 11) is 0. The molecule has 1 amide bonds. The van der Waals surface area contributed by atoms with Gasteiger partial charge in [-0.25, -0.2) is 4.39 Å². The van der Waals surface area contributed by atoms with E-state index in [-0.39, 0.29) is 34.1 Å². The molecule has 37 heavy (non-hydrogen) atoms. The first kappa shape index (κ1) is 26.6. The highest BCUT2D eigenvalue weighted by Gasteiger charge is 2.65. The van der Waals surface area contributed by atoms with Crippen molar-refractivity contribution >= 4 is 40.6 Å². The van der Waals surface area contributed by atoms with E-state index in [2.05, 4.69) is 31.4 Å². The number of hydrogen-bond donors (Lipinski definition) is 3. The molecule has 4 atom stereocenters. The number of carbonyl (C=O) groups is 2. The third-order valence-electron chi connectivity index (χ3n) is 8.22. The Hall–Kier alpha value is -1.99. The van der Waals surface area contributed by atoms with Crippen molar-refractivity contribution in [3.05, 3.63) is 63.4 Å². The largest absolute Gasteiger partial charge is 0.390 e. The fraction of sp³-hybridized carbons (Fsp3) is 0.517. The molecule has 3 aliphatic rings. The average Bonchev–Trinajstić information content (AvgIpc) is 3.23. The van der Waals surface area contributed by atoms with E-state index in [1.807, 2.05) is 6.07 Å². The Morgan fingerprint density at radius 3 is 2.49 bits per heavy atom. The minimum absolute atomic E-state index is 0.0167. The molecule has 0 radical (unpaired) electrons. The molecule has 5 rings (SSSR count). The van der Waals surface area contributed by atoms with E-state index in [0.717, 1.165) is 5.56 Å². The van der Waals surface area contributed by atoms with Crippen LogP contribution in [0.25, 0.3) is 0 Å². The van der Waals surface area contributed by atoms with Gasteiger partial charge in [-0.15, -0.1) is 0 Å². The standard InChI is InChI=1S/C29H33Cl2FN2O3/c1-27(2,3)14-23-29(18-7-6-17(30)11-21(18)33-26(29)36)24(16-5-8-20(32)19(31)10-16)25(34-23)22(35)9-15-12-28(4,37)13-15/h5-8,10-11,15,23-25,34,37H,9,12-14H2,1-4H3,(H,33,36)/t15?,23-,24+,25+,28?,29+/m1/s1. The predicted molar refractivity (Wildman–Crippen MR) is 144 cm³/mol. The van der Waals surface area contributed by atoms with Crippen LogP contribution in [0, 0.1) is 17.2 Å². The Bertz CT molecular complexity index is 1270. The number of benzene rings is 2. The third-order valence-corrected chi connectivity index (χ3v) is 8.74. The summed E-state index contributed by atoms with van der Waals surface area (Å²) in [6.07, 6.45) is 2.05. The molecule has 3 N–H and O–H groups in total. The Morgan fingerprint density at radius 2 is 1.86 bits per heavy atom. The van der Waals surface area contributed by atoms with Gasteiger partial charge in [0, 0.05) is 29.1 Å². The number of rotatable bonds is 5. The summed E-state index contributed by atoms with van der Waals surface area (Å²) < 4.78 is 14.2. The Kier molecular flexibility index (Phi) is 6.51. The molecule has 2 aliphatic heterocycles. The molecule has 1 aliphatic carbocycles. The second-order valence-corrected chi connectivity index (χ2v) is 13.4. The van der Waals surface area contributed by atoms with Crippen molar-refractivity contribution in [3.63, 3.8) is 0 Å². The van der Waals surface area contributed by atoms with Crippen molar-refractivity contribution in [3.8, 4) is 0 Å². The lowest BCUT2D eigenvalue weighted by molar-refractivity contribution is -0.126. The van der Waals surface area contributed by atoms with Crippen LogP contribution in [0.3, 0.4) is 0 Å². The summed E-state index contributed by atoms with van der Waals surface area (Å²) >= 11 is 12.5. The van der Waals surface area contributed by atoms with E-state index in [4.69, 9.17) is 23.2 Å². The van der Waals surface area contributed by atoms with Crippen LogP contribution < -0.4 is 10.6 Å². The van der Waals surface area contributed by atoms with Crippen molar-refractivity contribution in [1.82, 2.24) is 5.32 Å². The van der Waals surface area contributed by atoms with Crippen molar-refractivity contribution in [2.45, 2.75) is 82.4 Å². The fourth-order valence-electron chi connectivity index (χ4n) is 6.92. The summed E-state index contributed by atoms with van der Waals surface area (Å²) in [6.45, 7) is 8.10. The molecule has 2 aromatic rings. The molecular formula is C29H33Cl2FN2O3. The maximum absolute atomic E-state index is 14.2. The van der Waals surface area contributed by atoms with Crippen LogP contribution >= 0.6 is 23.2 Å². The highest BCUT2D eigenvalue weighted by Crippen LogP contribution is 2.57. The maximum Gasteiger partial charge on any atom is 0.237 e. The second kappa shape index (κ2) is 9.04. The molecule has 1 spiro atoms. The van der Waals surface area contributed by atoms with Crippen LogP contribution in [-0.2, 0) is 15.0 Å². The van der Waals surface area contributed by atoms with E-state index in [0.29, 0.717) is 42.0 Å². The average molecular weight is 547 g/mol. The van der Waals surface area contributed by atoms with Gasteiger partial charge in [0.25, 0.3) is 0 Å². The predicted octanol–water partition coefficient (Wildman–Crippen LogP) is 6.00. The maximum atomic E-state index is 14.2. The van der Waals surface area contributed by atoms with Crippen LogP contribution in [0.1, 0.15) is 70.4 Å². The zero-order valence-electron chi connectivity index (χ0n) is 21.5.